The van der Waals surface area contributed by atoms with E-state index in [-0.39, 0.29) is 18.0 Å². The standard InChI is InChI=1S/C28H24FN3O5/c1-3-36-28(35)23-17-25(32(31-23)24-15-8-7-14-22(24)29)20-12-9-13-21(16-20)30-27(34)26(37-18(2)33)19-10-5-4-6-11-19/h4-17,26H,3H2,1-2H3,(H,30,34)/t26-/m0/s1. The molecule has 0 radical (unpaired) electrons. The van der Waals surface area contributed by atoms with Gasteiger partial charge in [0.2, 0.25) is 6.10 Å². The minimum absolute atomic E-state index is 0.00791. The number of benzene rings is 3. The summed E-state index contributed by atoms with van der Waals surface area (Å²) in [6, 6.07) is 22.9. The van der Waals surface area contributed by atoms with E-state index >= 15 is 0 Å². The summed E-state index contributed by atoms with van der Waals surface area (Å²) in [5.74, 6) is -2.32. The quantitative estimate of drug-likeness (QED) is 0.337. The molecule has 1 N–H and O–H groups in total. The van der Waals surface area contributed by atoms with E-state index < -0.39 is 29.8 Å². The highest BCUT2D eigenvalue weighted by atomic mass is 19.1. The number of carbonyl (C=O) groups is 3. The highest BCUT2D eigenvalue weighted by Gasteiger charge is 2.24. The van der Waals surface area contributed by atoms with Crippen LogP contribution in [-0.4, -0.2) is 34.2 Å². The summed E-state index contributed by atoms with van der Waals surface area (Å²) in [5.41, 5.74) is 2.02. The maximum absolute atomic E-state index is 14.7. The van der Waals surface area contributed by atoms with Gasteiger partial charge in [-0.15, -0.1) is 0 Å². The number of carbonyl (C=O) groups excluding carboxylic acids is 3. The monoisotopic (exact) mass is 501 g/mol. The van der Waals surface area contributed by atoms with E-state index in [1.807, 2.05) is 0 Å². The second-order valence-corrected chi connectivity index (χ2v) is 7.97. The Hall–Kier alpha value is -4.79. The van der Waals surface area contributed by atoms with E-state index in [4.69, 9.17) is 9.47 Å². The fourth-order valence-corrected chi connectivity index (χ4v) is 3.73. The molecule has 0 bridgehead atoms. The summed E-state index contributed by atoms with van der Waals surface area (Å²) in [7, 11) is 0. The zero-order chi connectivity index (χ0) is 26.4. The second-order valence-electron chi connectivity index (χ2n) is 7.97. The zero-order valence-electron chi connectivity index (χ0n) is 20.2. The average molecular weight is 502 g/mol. The fourth-order valence-electron chi connectivity index (χ4n) is 3.73. The molecule has 3 aromatic carbocycles. The van der Waals surface area contributed by atoms with Crippen LogP contribution in [0.15, 0.2) is 84.9 Å². The van der Waals surface area contributed by atoms with Crippen LogP contribution >= 0.6 is 0 Å². The van der Waals surface area contributed by atoms with Crippen molar-refractivity contribution >= 4 is 23.5 Å². The van der Waals surface area contributed by atoms with Crippen molar-refractivity contribution in [1.82, 2.24) is 9.78 Å². The van der Waals surface area contributed by atoms with Gasteiger partial charge in [0, 0.05) is 23.7 Å². The summed E-state index contributed by atoms with van der Waals surface area (Å²) in [5, 5.41) is 7.05. The third-order valence-corrected chi connectivity index (χ3v) is 5.32. The second kappa shape index (κ2) is 11.3. The third-order valence-electron chi connectivity index (χ3n) is 5.32. The van der Waals surface area contributed by atoms with Gasteiger partial charge in [-0.2, -0.15) is 5.10 Å². The summed E-state index contributed by atoms with van der Waals surface area (Å²) >= 11 is 0. The van der Waals surface area contributed by atoms with Gasteiger partial charge in [0.15, 0.2) is 5.69 Å². The van der Waals surface area contributed by atoms with Gasteiger partial charge in [-0.05, 0) is 37.3 Å². The topological polar surface area (TPSA) is 99.5 Å². The van der Waals surface area contributed by atoms with Crippen LogP contribution in [0.25, 0.3) is 16.9 Å². The number of hydrogen-bond acceptors (Lipinski definition) is 6. The van der Waals surface area contributed by atoms with Gasteiger partial charge in [-0.1, -0.05) is 54.6 Å². The Balaban J connectivity index is 1.70. The molecule has 4 rings (SSSR count). The molecule has 8 nitrogen and oxygen atoms in total. The Kier molecular flexibility index (Phi) is 7.73. The highest BCUT2D eigenvalue weighted by Crippen LogP contribution is 2.28. The lowest BCUT2D eigenvalue weighted by atomic mass is 10.1. The molecule has 0 aliphatic rings. The molecule has 0 spiro atoms. The van der Waals surface area contributed by atoms with E-state index in [1.165, 1.54) is 29.8 Å². The number of halogens is 1. The molecule has 1 heterocycles. The Morgan fingerprint density at radius 1 is 0.973 bits per heavy atom. The number of aromatic nitrogens is 2. The summed E-state index contributed by atoms with van der Waals surface area (Å²) in [4.78, 5) is 37.1. The van der Waals surface area contributed by atoms with Crippen molar-refractivity contribution in [3.8, 4) is 16.9 Å². The van der Waals surface area contributed by atoms with Crippen LogP contribution < -0.4 is 5.32 Å². The number of para-hydroxylation sites is 1. The number of rotatable bonds is 8. The number of anilines is 1. The first kappa shape index (κ1) is 25.3. The normalized spacial score (nSPS) is 11.4. The zero-order valence-corrected chi connectivity index (χ0v) is 20.2. The molecule has 0 saturated heterocycles. The van der Waals surface area contributed by atoms with Crippen LogP contribution in [0.1, 0.15) is 36.0 Å². The van der Waals surface area contributed by atoms with E-state index in [0.717, 1.165) is 0 Å². The van der Waals surface area contributed by atoms with Gasteiger partial charge in [0.05, 0.1) is 12.3 Å². The summed E-state index contributed by atoms with van der Waals surface area (Å²) < 4.78 is 26.3. The lowest BCUT2D eigenvalue weighted by molar-refractivity contribution is -0.152. The summed E-state index contributed by atoms with van der Waals surface area (Å²) in [6.45, 7) is 3.07. The molecule has 0 unspecified atom stereocenters. The molecule has 0 aliphatic carbocycles. The summed E-state index contributed by atoms with van der Waals surface area (Å²) in [6.07, 6.45) is -1.15. The Morgan fingerprint density at radius 3 is 2.41 bits per heavy atom. The highest BCUT2D eigenvalue weighted by molar-refractivity contribution is 5.96. The molecule has 0 saturated carbocycles. The first-order chi connectivity index (χ1) is 17.9. The van der Waals surface area contributed by atoms with Gasteiger partial charge in [-0.25, -0.2) is 13.9 Å². The molecule has 4 aromatic rings. The minimum atomic E-state index is -1.15. The van der Waals surface area contributed by atoms with Crippen molar-refractivity contribution in [2.75, 3.05) is 11.9 Å². The predicted octanol–water partition coefficient (Wildman–Crippen LogP) is 5.10. The van der Waals surface area contributed by atoms with Crippen LogP contribution in [0.5, 0.6) is 0 Å². The van der Waals surface area contributed by atoms with Gasteiger partial charge >= 0.3 is 11.9 Å². The van der Waals surface area contributed by atoms with Gasteiger partial charge < -0.3 is 14.8 Å². The molecule has 188 valence electrons. The average Bonchev–Trinajstić information content (AvgIpc) is 3.34. The maximum atomic E-state index is 14.7. The molecule has 1 amide bonds. The van der Waals surface area contributed by atoms with Crippen LogP contribution in [0, 0.1) is 5.82 Å². The molecule has 9 heteroatoms. The van der Waals surface area contributed by atoms with Crippen LogP contribution in [0.4, 0.5) is 10.1 Å². The molecule has 0 aliphatic heterocycles. The number of amides is 1. The van der Waals surface area contributed by atoms with Crippen LogP contribution in [-0.2, 0) is 19.1 Å². The van der Waals surface area contributed by atoms with Gasteiger partial charge in [0.1, 0.15) is 11.5 Å². The van der Waals surface area contributed by atoms with E-state index in [0.29, 0.717) is 22.5 Å². The Bertz CT molecular complexity index is 1430. The first-order valence-electron chi connectivity index (χ1n) is 11.5. The minimum Gasteiger partial charge on any atom is -0.461 e. The van der Waals surface area contributed by atoms with Crippen LogP contribution in [0.2, 0.25) is 0 Å². The largest absolute Gasteiger partial charge is 0.461 e. The van der Waals surface area contributed by atoms with Crippen molar-refractivity contribution < 1.29 is 28.2 Å². The molecular formula is C28H24FN3O5. The number of esters is 2. The van der Waals surface area contributed by atoms with E-state index in [9.17, 15) is 18.8 Å². The molecule has 1 atom stereocenters. The van der Waals surface area contributed by atoms with Crippen molar-refractivity contribution in [1.29, 1.82) is 0 Å². The van der Waals surface area contributed by atoms with E-state index in [2.05, 4.69) is 10.4 Å². The Morgan fingerprint density at radius 2 is 1.70 bits per heavy atom. The molecular weight excluding hydrogens is 477 g/mol. The van der Waals surface area contributed by atoms with Crippen molar-refractivity contribution in [2.45, 2.75) is 20.0 Å². The van der Waals surface area contributed by atoms with Crippen molar-refractivity contribution in [2.24, 2.45) is 0 Å². The smallest absolute Gasteiger partial charge is 0.358 e. The molecule has 1 aromatic heterocycles. The lowest BCUT2D eigenvalue weighted by Crippen LogP contribution is -2.25. The van der Waals surface area contributed by atoms with Gasteiger partial charge in [0.25, 0.3) is 5.91 Å². The Labute approximate surface area is 212 Å². The number of ether oxygens (including phenoxy) is 2. The number of nitrogens with zero attached hydrogens (tertiary/aromatic N) is 2. The maximum Gasteiger partial charge on any atom is 0.358 e. The first-order valence-corrected chi connectivity index (χ1v) is 11.5. The number of hydrogen-bond donors (Lipinski definition) is 1. The van der Waals surface area contributed by atoms with Crippen LogP contribution in [0.3, 0.4) is 0 Å². The van der Waals surface area contributed by atoms with E-state index in [1.54, 1.807) is 73.7 Å². The third kappa shape index (κ3) is 5.90. The lowest BCUT2D eigenvalue weighted by Gasteiger charge is -2.17. The van der Waals surface area contributed by atoms with Crippen molar-refractivity contribution in [3.05, 3.63) is 102 Å². The SMILES string of the molecule is CCOC(=O)c1cc(-c2cccc(NC(=O)[C@@H](OC(C)=O)c3ccccc3)c2)n(-c2ccccc2F)n1. The fraction of sp³-hybridized carbons (Fsp3) is 0.143. The molecule has 37 heavy (non-hydrogen) atoms. The molecule has 0 fully saturated rings. The van der Waals surface area contributed by atoms with Crippen molar-refractivity contribution in [3.63, 3.8) is 0 Å². The predicted molar refractivity (Wildman–Crippen MR) is 134 cm³/mol. The number of nitrogens with one attached hydrogen (secondary N) is 1. The van der Waals surface area contributed by atoms with Gasteiger partial charge in [-0.3, -0.25) is 9.59 Å².